The number of rotatable bonds is 6. The summed E-state index contributed by atoms with van der Waals surface area (Å²) in [6.45, 7) is 4.12. The van der Waals surface area contributed by atoms with Gasteiger partial charge in [-0.15, -0.1) is 5.10 Å². The monoisotopic (exact) mass is 492 g/mol. The Hall–Kier alpha value is -3.62. The van der Waals surface area contributed by atoms with E-state index in [0.29, 0.717) is 22.8 Å². The van der Waals surface area contributed by atoms with Crippen LogP contribution in [0.3, 0.4) is 0 Å². The predicted octanol–water partition coefficient (Wildman–Crippen LogP) is 4.59. The van der Waals surface area contributed by atoms with Crippen molar-refractivity contribution in [3.05, 3.63) is 71.2 Å². The topological polar surface area (TPSA) is 92.6 Å². The van der Waals surface area contributed by atoms with Crippen LogP contribution in [0.1, 0.15) is 18.4 Å². The van der Waals surface area contributed by atoms with Gasteiger partial charge in [-0.3, -0.25) is 4.79 Å². The molecule has 0 aliphatic carbocycles. The van der Waals surface area contributed by atoms with Crippen molar-refractivity contribution in [1.29, 1.82) is 0 Å². The number of aromatic nitrogens is 3. The minimum Gasteiger partial charge on any atom is -0.495 e. The molecule has 0 unspecified atom stereocenters. The molecule has 5 rings (SSSR count). The SMILES string of the molecule is COc1ccc(-c2cccc3nc(Nc4ccc(C)cc4)nn23)cc1Cl.O=CNC1CCNCC1. The number of aryl methyl sites for hydroxylation is 1. The molecule has 182 valence electrons. The summed E-state index contributed by atoms with van der Waals surface area (Å²) < 4.78 is 7.03. The Morgan fingerprint density at radius 1 is 1.11 bits per heavy atom. The first-order chi connectivity index (χ1) is 17.1. The standard InChI is InChI=1S/C20H17ClN4O.C6H12N2O/c1-13-6-9-15(10-7-13)22-20-23-19-5-3-4-17(25(19)24-20)14-8-11-18(26-2)16(21)12-14;9-5-8-6-1-3-7-4-2-6/h3-12H,1-2H3,(H,22,24);5-7H,1-4H2,(H,8,9). The van der Waals surface area contributed by atoms with E-state index in [2.05, 4.69) is 33.0 Å². The van der Waals surface area contributed by atoms with Crippen molar-refractivity contribution in [2.24, 2.45) is 0 Å². The zero-order valence-electron chi connectivity index (χ0n) is 19.8. The Kier molecular flexibility index (Phi) is 8.18. The number of fused-ring (bicyclic) bond motifs is 1. The zero-order valence-corrected chi connectivity index (χ0v) is 20.5. The molecular formula is C26H29ClN6O2. The Balaban J connectivity index is 0.000000271. The molecule has 9 heteroatoms. The van der Waals surface area contributed by atoms with Crippen LogP contribution in [0.5, 0.6) is 5.75 Å². The normalized spacial score (nSPS) is 13.6. The van der Waals surface area contributed by atoms with E-state index in [9.17, 15) is 4.79 Å². The van der Waals surface area contributed by atoms with Gasteiger partial charge in [0.1, 0.15) is 5.75 Å². The maximum atomic E-state index is 9.94. The summed E-state index contributed by atoms with van der Waals surface area (Å²) in [6.07, 6.45) is 2.92. The molecule has 0 radical (unpaired) electrons. The molecule has 0 spiro atoms. The van der Waals surface area contributed by atoms with Gasteiger partial charge in [-0.05, 0) is 75.3 Å². The highest BCUT2D eigenvalue weighted by atomic mass is 35.5. The number of benzene rings is 2. The molecule has 1 saturated heterocycles. The summed E-state index contributed by atoms with van der Waals surface area (Å²) >= 11 is 6.27. The van der Waals surface area contributed by atoms with Crippen LogP contribution in [0.15, 0.2) is 60.7 Å². The molecule has 0 saturated carbocycles. The maximum Gasteiger partial charge on any atom is 0.247 e. The lowest BCUT2D eigenvalue weighted by Gasteiger charge is -2.21. The van der Waals surface area contributed by atoms with Crippen LogP contribution in [0, 0.1) is 6.92 Å². The number of methoxy groups -OCH3 is 1. The van der Waals surface area contributed by atoms with E-state index in [1.54, 1.807) is 11.6 Å². The summed E-state index contributed by atoms with van der Waals surface area (Å²) in [5, 5.41) is 14.4. The Labute approximate surface area is 209 Å². The molecule has 8 nitrogen and oxygen atoms in total. The summed E-state index contributed by atoms with van der Waals surface area (Å²) in [5.74, 6) is 1.18. The number of nitrogens with zero attached hydrogens (tertiary/aromatic N) is 3. The van der Waals surface area contributed by atoms with Gasteiger partial charge in [-0.25, -0.2) is 4.52 Å². The fraction of sp³-hybridized carbons (Fsp3) is 0.269. The van der Waals surface area contributed by atoms with Gasteiger partial charge in [-0.2, -0.15) is 4.98 Å². The third kappa shape index (κ3) is 6.29. The second-order valence-corrected chi connectivity index (χ2v) is 8.67. The third-order valence-electron chi connectivity index (χ3n) is 5.76. The van der Waals surface area contributed by atoms with Crippen molar-refractivity contribution >= 4 is 35.3 Å². The second kappa shape index (κ2) is 11.7. The maximum absolute atomic E-state index is 9.94. The molecule has 3 heterocycles. The van der Waals surface area contributed by atoms with Crippen molar-refractivity contribution in [1.82, 2.24) is 25.2 Å². The molecule has 1 amide bonds. The number of carbonyl (C=O) groups is 1. The lowest BCUT2D eigenvalue weighted by Crippen LogP contribution is -2.39. The molecule has 0 atom stereocenters. The zero-order chi connectivity index (χ0) is 24.6. The van der Waals surface area contributed by atoms with Gasteiger partial charge >= 0.3 is 0 Å². The van der Waals surface area contributed by atoms with Gasteiger partial charge in [0.2, 0.25) is 12.4 Å². The van der Waals surface area contributed by atoms with E-state index in [4.69, 9.17) is 16.3 Å². The number of nitrogens with one attached hydrogen (secondary N) is 3. The van der Waals surface area contributed by atoms with E-state index >= 15 is 0 Å². The minimum atomic E-state index is 0.420. The molecule has 35 heavy (non-hydrogen) atoms. The first-order valence-electron chi connectivity index (χ1n) is 11.5. The first kappa shape index (κ1) is 24.5. The highest BCUT2D eigenvalue weighted by Crippen LogP contribution is 2.30. The van der Waals surface area contributed by atoms with Crippen LogP contribution >= 0.6 is 11.6 Å². The molecule has 1 fully saturated rings. The fourth-order valence-electron chi connectivity index (χ4n) is 3.85. The van der Waals surface area contributed by atoms with Gasteiger partial charge in [-0.1, -0.05) is 35.4 Å². The van der Waals surface area contributed by atoms with Crippen LogP contribution in [0.4, 0.5) is 11.6 Å². The quantitative estimate of drug-likeness (QED) is 0.341. The van der Waals surface area contributed by atoms with E-state index in [-0.39, 0.29) is 0 Å². The van der Waals surface area contributed by atoms with E-state index in [0.717, 1.165) is 54.9 Å². The van der Waals surface area contributed by atoms with Gasteiger partial charge in [0, 0.05) is 17.3 Å². The lowest BCUT2D eigenvalue weighted by molar-refractivity contribution is -0.110. The lowest BCUT2D eigenvalue weighted by atomic mass is 10.1. The average molecular weight is 493 g/mol. The second-order valence-electron chi connectivity index (χ2n) is 8.27. The van der Waals surface area contributed by atoms with Gasteiger partial charge in [0.05, 0.1) is 17.8 Å². The summed E-state index contributed by atoms with van der Waals surface area (Å²) in [4.78, 5) is 14.5. The van der Waals surface area contributed by atoms with Crippen molar-refractivity contribution in [2.45, 2.75) is 25.8 Å². The van der Waals surface area contributed by atoms with Crippen LogP contribution in [-0.4, -0.2) is 47.2 Å². The van der Waals surface area contributed by atoms with Gasteiger partial charge < -0.3 is 20.7 Å². The largest absolute Gasteiger partial charge is 0.495 e. The first-order valence-corrected chi connectivity index (χ1v) is 11.9. The highest BCUT2D eigenvalue weighted by molar-refractivity contribution is 6.32. The van der Waals surface area contributed by atoms with Crippen molar-refractivity contribution in [3.8, 4) is 17.0 Å². The number of carbonyl (C=O) groups excluding carboxylic acids is 1. The Morgan fingerprint density at radius 3 is 2.57 bits per heavy atom. The van der Waals surface area contributed by atoms with Crippen LogP contribution in [0.2, 0.25) is 5.02 Å². The molecular weight excluding hydrogens is 464 g/mol. The van der Waals surface area contributed by atoms with Gasteiger partial charge in [0.25, 0.3) is 0 Å². The smallest absolute Gasteiger partial charge is 0.247 e. The molecule has 3 N–H and O–H groups in total. The molecule has 0 bridgehead atoms. The van der Waals surface area contributed by atoms with Crippen LogP contribution in [-0.2, 0) is 4.79 Å². The number of anilines is 2. The number of amides is 1. The number of hydrogen-bond acceptors (Lipinski definition) is 6. The van der Waals surface area contributed by atoms with Crippen LogP contribution < -0.4 is 20.7 Å². The minimum absolute atomic E-state index is 0.420. The van der Waals surface area contributed by atoms with Gasteiger partial charge in [0.15, 0.2) is 5.65 Å². The number of pyridine rings is 1. The number of piperidine rings is 1. The number of halogens is 1. The molecule has 1 aliphatic rings. The third-order valence-corrected chi connectivity index (χ3v) is 6.05. The van der Waals surface area contributed by atoms with E-state index in [1.807, 2.05) is 60.7 Å². The van der Waals surface area contributed by atoms with Crippen LogP contribution in [0.25, 0.3) is 16.9 Å². The number of hydrogen-bond donors (Lipinski definition) is 3. The average Bonchev–Trinajstić information content (AvgIpc) is 3.29. The molecule has 4 aromatic rings. The Bertz CT molecular complexity index is 1270. The van der Waals surface area contributed by atoms with Crippen molar-refractivity contribution in [3.63, 3.8) is 0 Å². The molecule has 2 aromatic carbocycles. The highest BCUT2D eigenvalue weighted by Gasteiger charge is 2.11. The fourth-order valence-corrected chi connectivity index (χ4v) is 4.11. The molecule has 2 aromatic heterocycles. The summed E-state index contributed by atoms with van der Waals surface area (Å²) in [5.41, 5.74) is 4.74. The Morgan fingerprint density at radius 2 is 1.89 bits per heavy atom. The predicted molar refractivity (Wildman–Crippen MR) is 140 cm³/mol. The number of ether oxygens (including phenoxy) is 1. The van der Waals surface area contributed by atoms with Crippen molar-refractivity contribution in [2.75, 3.05) is 25.5 Å². The molecule has 1 aliphatic heterocycles. The van der Waals surface area contributed by atoms with Crippen molar-refractivity contribution < 1.29 is 9.53 Å². The van der Waals surface area contributed by atoms with E-state index in [1.165, 1.54) is 5.56 Å². The summed E-state index contributed by atoms with van der Waals surface area (Å²) in [7, 11) is 1.60. The van der Waals surface area contributed by atoms with E-state index < -0.39 is 0 Å². The summed E-state index contributed by atoms with van der Waals surface area (Å²) in [6, 6.07) is 20.0.